The van der Waals surface area contributed by atoms with E-state index in [4.69, 9.17) is 4.74 Å². The van der Waals surface area contributed by atoms with Crippen LogP contribution in [0.15, 0.2) is 29.8 Å². The van der Waals surface area contributed by atoms with Crippen molar-refractivity contribution in [2.45, 2.75) is 51.8 Å². The predicted octanol–water partition coefficient (Wildman–Crippen LogP) is 4.10. The minimum absolute atomic E-state index is 0.150. The molecule has 3 nitrogen and oxygen atoms in total. The quantitative estimate of drug-likeness (QED) is 0.903. The Hall–Kier alpha value is -1.39. The van der Waals surface area contributed by atoms with Gasteiger partial charge in [-0.3, -0.25) is 0 Å². The molecular formula is C17H22N2OS. The third-order valence-corrected chi connectivity index (χ3v) is 4.78. The van der Waals surface area contributed by atoms with Gasteiger partial charge >= 0.3 is 0 Å². The highest BCUT2D eigenvalue weighted by Crippen LogP contribution is 2.33. The SMILES string of the molecule is CC(C)Oc1ncccc1CNC1CCCc2sccc21. The van der Waals surface area contributed by atoms with Crippen LogP contribution in [0.2, 0.25) is 0 Å². The molecule has 0 bridgehead atoms. The largest absolute Gasteiger partial charge is 0.475 e. The summed E-state index contributed by atoms with van der Waals surface area (Å²) in [6.45, 7) is 4.87. The fraction of sp³-hybridized carbons (Fsp3) is 0.471. The number of hydrogen-bond acceptors (Lipinski definition) is 4. The molecule has 21 heavy (non-hydrogen) atoms. The van der Waals surface area contributed by atoms with Gasteiger partial charge in [-0.25, -0.2) is 4.98 Å². The predicted molar refractivity (Wildman–Crippen MR) is 86.8 cm³/mol. The zero-order valence-corrected chi connectivity index (χ0v) is 13.5. The van der Waals surface area contributed by atoms with Gasteiger partial charge in [-0.2, -0.15) is 0 Å². The molecule has 2 aromatic heterocycles. The van der Waals surface area contributed by atoms with Gasteiger partial charge in [0.05, 0.1) is 6.10 Å². The molecule has 1 aliphatic rings. The molecule has 0 amide bonds. The van der Waals surface area contributed by atoms with E-state index in [1.807, 2.05) is 31.3 Å². The molecule has 1 atom stereocenters. The number of pyridine rings is 1. The lowest BCUT2D eigenvalue weighted by molar-refractivity contribution is 0.229. The van der Waals surface area contributed by atoms with Crippen LogP contribution in [-0.2, 0) is 13.0 Å². The van der Waals surface area contributed by atoms with E-state index in [0.29, 0.717) is 6.04 Å². The number of thiophene rings is 1. The molecule has 112 valence electrons. The second-order valence-corrected chi connectivity index (χ2v) is 6.76. The number of nitrogens with zero attached hydrogens (tertiary/aromatic N) is 1. The first-order chi connectivity index (χ1) is 10.2. The molecular weight excluding hydrogens is 280 g/mol. The maximum absolute atomic E-state index is 5.79. The minimum atomic E-state index is 0.150. The molecule has 0 fully saturated rings. The van der Waals surface area contributed by atoms with Gasteiger partial charge in [-0.15, -0.1) is 11.3 Å². The Bertz CT molecular complexity index is 594. The Balaban J connectivity index is 1.69. The fourth-order valence-corrected chi connectivity index (χ4v) is 3.81. The van der Waals surface area contributed by atoms with Gasteiger partial charge in [0.2, 0.25) is 5.88 Å². The summed E-state index contributed by atoms with van der Waals surface area (Å²) in [5.41, 5.74) is 2.62. The summed E-state index contributed by atoms with van der Waals surface area (Å²) >= 11 is 1.89. The lowest BCUT2D eigenvalue weighted by Gasteiger charge is -2.24. The van der Waals surface area contributed by atoms with E-state index >= 15 is 0 Å². The van der Waals surface area contributed by atoms with Gasteiger partial charge in [0.25, 0.3) is 0 Å². The number of ether oxygens (including phenoxy) is 1. The molecule has 1 N–H and O–H groups in total. The molecule has 3 rings (SSSR count). The molecule has 0 aliphatic heterocycles. The van der Waals surface area contributed by atoms with Crippen molar-refractivity contribution in [1.82, 2.24) is 10.3 Å². The summed E-state index contributed by atoms with van der Waals surface area (Å²) < 4.78 is 5.79. The molecule has 2 aromatic rings. The third-order valence-electron chi connectivity index (χ3n) is 3.79. The molecule has 1 unspecified atom stereocenters. The van der Waals surface area contributed by atoms with Crippen LogP contribution in [0.5, 0.6) is 5.88 Å². The van der Waals surface area contributed by atoms with Crippen molar-refractivity contribution < 1.29 is 4.74 Å². The van der Waals surface area contributed by atoms with E-state index in [0.717, 1.165) is 18.0 Å². The van der Waals surface area contributed by atoms with E-state index < -0.39 is 0 Å². The average Bonchev–Trinajstić information content (AvgIpc) is 2.95. The van der Waals surface area contributed by atoms with Gasteiger partial charge in [0.15, 0.2) is 0 Å². The average molecular weight is 302 g/mol. The Kier molecular flexibility index (Phi) is 4.56. The van der Waals surface area contributed by atoms with Crippen molar-refractivity contribution in [3.8, 4) is 5.88 Å². The zero-order valence-electron chi connectivity index (χ0n) is 12.6. The van der Waals surface area contributed by atoms with Crippen molar-refractivity contribution in [1.29, 1.82) is 0 Å². The number of aromatic nitrogens is 1. The summed E-state index contributed by atoms with van der Waals surface area (Å²) in [5, 5.41) is 5.89. The molecule has 4 heteroatoms. The summed E-state index contributed by atoms with van der Waals surface area (Å²) in [7, 11) is 0. The van der Waals surface area contributed by atoms with E-state index in [-0.39, 0.29) is 6.10 Å². The van der Waals surface area contributed by atoms with E-state index in [1.165, 1.54) is 24.8 Å². The third kappa shape index (κ3) is 3.44. The van der Waals surface area contributed by atoms with Gasteiger partial charge in [-0.1, -0.05) is 6.07 Å². The molecule has 1 aliphatic carbocycles. The summed E-state index contributed by atoms with van der Waals surface area (Å²) in [5.74, 6) is 0.751. The Morgan fingerprint density at radius 2 is 2.33 bits per heavy atom. The standard InChI is InChI=1S/C17H22N2OS/c1-12(2)20-17-13(5-4-9-18-17)11-19-15-6-3-7-16-14(15)8-10-21-16/h4-5,8-10,12,15,19H,3,6-7,11H2,1-2H3. The normalized spacial score (nSPS) is 17.8. The van der Waals surface area contributed by atoms with Crippen molar-refractivity contribution in [3.05, 3.63) is 45.8 Å². The molecule has 0 radical (unpaired) electrons. The summed E-state index contributed by atoms with van der Waals surface area (Å²) in [6.07, 6.45) is 5.66. The smallest absolute Gasteiger partial charge is 0.218 e. The maximum atomic E-state index is 5.79. The second-order valence-electron chi connectivity index (χ2n) is 5.76. The van der Waals surface area contributed by atoms with Crippen molar-refractivity contribution in [2.75, 3.05) is 0 Å². The molecule has 0 saturated heterocycles. The maximum Gasteiger partial charge on any atom is 0.218 e. The second kappa shape index (κ2) is 6.58. The molecule has 0 saturated carbocycles. The molecule has 0 spiro atoms. The fourth-order valence-electron chi connectivity index (χ4n) is 2.82. The van der Waals surface area contributed by atoms with Crippen LogP contribution >= 0.6 is 11.3 Å². The van der Waals surface area contributed by atoms with Crippen LogP contribution < -0.4 is 10.1 Å². The van der Waals surface area contributed by atoms with Crippen LogP contribution in [0.25, 0.3) is 0 Å². The Labute approximate surface area is 130 Å². The number of nitrogens with one attached hydrogen (secondary N) is 1. The minimum Gasteiger partial charge on any atom is -0.475 e. The number of fused-ring (bicyclic) bond motifs is 1. The van der Waals surface area contributed by atoms with E-state index in [2.05, 4.69) is 27.8 Å². The lowest BCUT2D eigenvalue weighted by atomic mass is 9.94. The van der Waals surface area contributed by atoms with E-state index in [1.54, 1.807) is 11.1 Å². The van der Waals surface area contributed by atoms with Crippen molar-refractivity contribution in [2.24, 2.45) is 0 Å². The highest BCUT2D eigenvalue weighted by Gasteiger charge is 2.21. The van der Waals surface area contributed by atoms with Crippen LogP contribution in [0, 0.1) is 0 Å². The van der Waals surface area contributed by atoms with Gasteiger partial charge in [0.1, 0.15) is 0 Å². The first-order valence-corrected chi connectivity index (χ1v) is 8.52. The highest BCUT2D eigenvalue weighted by atomic mass is 32.1. The summed E-state index contributed by atoms with van der Waals surface area (Å²) in [4.78, 5) is 5.90. The van der Waals surface area contributed by atoms with Crippen LogP contribution in [-0.4, -0.2) is 11.1 Å². The highest BCUT2D eigenvalue weighted by molar-refractivity contribution is 7.10. The molecule has 2 heterocycles. The van der Waals surface area contributed by atoms with Crippen LogP contribution in [0.3, 0.4) is 0 Å². The van der Waals surface area contributed by atoms with Crippen LogP contribution in [0.1, 0.15) is 48.7 Å². The summed E-state index contributed by atoms with van der Waals surface area (Å²) in [6, 6.07) is 6.80. The zero-order chi connectivity index (χ0) is 14.7. The first-order valence-electron chi connectivity index (χ1n) is 7.64. The number of aryl methyl sites for hydroxylation is 1. The van der Waals surface area contributed by atoms with Crippen LogP contribution in [0.4, 0.5) is 0 Å². The Morgan fingerprint density at radius 3 is 3.19 bits per heavy atom. The van der Waals surface area contributed by atoms with Gasteiger partial charge in [-0.05, 0) is 56.2 Å². The van der Waals surface area contributed by atoms with Crippen molar-refractivity contribution >= 4 is 11.3 Å². The monoisotopic (exact) mass is 302 g/mol. The lowest BCUT2D eigenvalue weighted by Crippen LogP contribution is -2.24. The van der Waals surface area contributed by atoms with Gasteiger partial charge < -0.3 is 10.1 Å². The molecule has 0 aromatic carbocycles. The number of hydrogen-bond donors (Lipinski definition) is 1. The van der Waals surface area contributed by atoms with Gasteiger partial charge in [0, 0.05) is 29.2 Å². The van der Waals surface area contributed by atoms with Crippen molar-refractivity contribution in [3.63, 3.8) is 0 Å². The topological polar surface area (TPSA) is 34.1 Å². The Morgan fingerprint density at radius 1 is 1.43 bits per heavy atom. The number of rotatable bonds is 5. The van der Waals surface area contributed by atoms with E-state index in [9.17, 15) is 0 Å². The first kappa shape index (κ1) is 14.5.